The highest BCUT2D eigenvalue weighted by molar-refractivity contribution is 7.89. The van der Waals surface area contributed by atoms with Crippen molar-refractivity contribution in [3.8, 4) is 17.2 Å². The van der Waals surface area contributed by atoms with Gasteiger partial charge in [0.1, 0.15) is 5.75 Å². The summed E-state index contributed by atoms with van der Waals surface area (Å²) in [4.78, 5) is 0.164. The number of methoxy groups -OCH3 is 1. The molecule has 6 nitrogen and oxygen atoms in total. The van der Waals surface area contributed by atoms with Gasteiger partial charge in [-0.1, -0.05) is 18.2 Å². The smallest absolute Gasteiger partial charge is 0.240 e. The molecule has 0 aliphatic carbocycles. The zero-order chi connectivity index (χ0) is 17.7. The van der Waals surface area contributed by atoms with Gasteiger partial charge in [0.2, 0.25) is 10.0 Å². The van der Waals surface area contributed by atoms with E-state index in [0.29, 0.717) is 31.1 Å². The predicted octanol–water partition coefficient (Wildman–Crippen LogP) is 2.38. The van der Waals surface area contributed by atoms with Crippen LogP contribution in [0.5, 0.6) is 17.2 Å². The van der Waals surface area contributed by atoms with Gasteiger partial charge in [-0.2, -0.15) is 0 Å². The Balaban J connectivity index is 1.69. The lowest BCUT2D eigenvalue weighted by Crippen LogP contribution is -2.26. The Morgan fingerprint density at radius 3 is 2.64 bits per heavy atom. The molecule has 0 unspecified atom stereocenters. The average molecular weight is 363 g/mol. The van der Waals surface area contributed by atoms with Crippen LogP contribution in [0.1, 0.15) is 12.0 Å². The van der Waals surface area contributed by atoms with Crippen molar-refractivity contribution in [1.29, 1.82) is 0 Å². The molecule has 1 heterocycles. The zero-order valence-electron chi connectivity index (χ0n) is 14.0. The lowest BCUT2D eigenvalue weighted by molar-refractivity contribution is 0.297. The average Bonchev–Trinajstić information content (AvgIpc) is 2.86. The number of sulfonamides is 1. The summed E-state index contributed by atoms with van der Waals surface area (Å²) in [5.74, 6) is 1.79. The van der Waals surface area contributed by atoms with E-state index in [1.807, 2.05) is 24.3 Å². The molecule has 25 heavy (non-hydrogen) atoms. The Morgan fingerprint density at radius 1 is 1.08 bits per heavy atom. The summed E-state index contributed by atoms with van der Waals surface area (Å²) in [7, 11) is -2.02. The van der Waals surface area contributed by atoms with Crippen molar-refractivity contribution in [2.24, 2.45) is 0 Å². The highest BCUT2D eigenvalue weighted by atomic mass is 32.2. The Kier molecular flexibility index (Phi) is 5.45. The molecule has 2 aromatic carbocycles. The van der Waals surface area contributed by atoms with E-state index in [9.17, 15) is 8.42 Å². The topological polar surface area (TPSA) is 73.9 Å². The molecule has 0 saturated carbocycles. The highest BCUT2D eigenvalue weighted by Gasteiger charge is 2.18. The number of nitrogens with one attached hydrogen (secondary N) is 1. The van der Waals surface area contributed by atoms with Crippen molar-refractivity contribution in [3.05, 3.63) is 48.0 Å². The lowest BCUT2D eigenvalue weighted by atomic mass is 10.1. The molecule has 0 radical (unpaired) electrons. The second-order valence-electron chi connectivity index (χ2n) is 5.62. The van der Waals surface area contributed by atoms with Crippen LogP contribution in [-0.2, 0) is 16.4 Å². The highest BCUT2D eigenvalue weighted by Crippen LogP contribution is 2.31. The fraction of sp³-hybridized carbons (Fsp3) is 0.333. The summed E-state index contributed by atoms with van der Waals surface area (Å²) in [5.41, 5.74) is 0.950. The van der Waals surface area contributed by atoms with Gasteiger partial charge in [-0.05, 0) is 30.2 Å². The molecular formula is C18H21NO5S. The summed E-state index contributed by atoms with van der Waals surface area (Å²) in [5, 5.41) is 0. The number of hydrogen-bond acceptors (Lipinski definition) is 5. The fourth-order valence-corrected chi connectivity index (χ4v) is 3.67. The van der Waals surface area contributed by atoms with Gasteiger partial charge in [-0.3, -0.25) is 0 Å². The Hall–Kier alpha value is -2.25. The third kappa shape index (κ3) is 4.24. The maximum Gasteiger partial charge on any atom is 0.240 e. The fourth-order valence-electron chi connectivity index (χ4n) is 2.62. The van der Waals surface area contributed by atoms with Crippen LogP contribution in [0.4, 0.5) is 0 Å². The van der Waals surface area contributed by atoms with Gasteiger partial charge in [0, 0.05) is 19.0 Å². The van der Waals surface area contributed by atoms with Gasteiger partial charge >= 0.3 is 0 Å². The molecule has 1 aliphatic rings. The van der Waals surface area contributed by atoms with Crippen LogP contribution in [-0.4, -0.2) is 35.3 Å². The van der Waals surface area contributed by atoms with Crippen molar-refractivity contribution in [1.82, 2.24) is 4.72 Å². The van der Waals surface area contributed by atoms with Crippen molar-refractivity contribution in [2.45, 2.75) is 17.7 Å². The first-order valence-corrected chi connectivity index (χ1v) is 9.60. The second-order valence-corrected chi connectivity index (χ2v) is 7.39. The predicted molar refractivity (Wildman–Crippen MR) is 93.9 cm³/mol. The minimum Gasteiger partial charge on any atom is -0.496 e. The molecule has 0 saturated heterocycles. The van der Waals surface area contributed by atoms with Gasteiger partial charge in [-0.15, -0.1) is 0 Å². The van der Waals surface area contributed by atoms with E-state index in [1.54, 1.807) is 13.2 Å². The Morgan fingerprint density at radius 2 is 1.84 bits per heavy atom. The standard InChI is InChI=1S/C18H21NO5S/c1-22-16-6-3-2-5-14(16)9-10-19-25(20,21)15-7-8-17-18(13-15)24-12-4-11-23-17/h2-3,5-8,13,19H,4,9-12H2,1H3. The SMILES string of the molecule is COc1ccccc1CCNS(=O)(=O)c1ccc2c(c1)OCCCO2. The molecule has 0 spiro atoms. The lowest BCUT2D eigenvalue weighted by Gasteiger charge is -2.12. The van der Waals surface area contributed by atoms with E-state index in [4.69, 9.17) is 14.2 Å². The Bertz CT molecular complexity index is 835. The monoisotopic (exact) mass is 363 g/mol. The van der Waals surface area contributed by atoms with Crippen LogP contribution >= 0.6 is 0 Å². The van der Waals surface area contributed by atoms with Gasteiger partial charge in [0.15, 0.2) is 11.5 Å². The van der Waals surface area contributed by atoms with E-state index in [1.165, 1.54) is 12.1 Å². The number of para-hydroxylation sites is 1. The molecule has 1 aliphatic heterocycles. The molecule has 7 heteroatoms. The van der Waals surface area contributed by atoms with Crippen LogP contribution in [0.15, 0.2) is 47.4 Å². The molecular weight excluding hydrogens is 342 g/mol. The summed E-state index contributed by atoms with van der Waals surface area (Å²) in [6.07, 6.45) is 1.31. The van der Waals surface area contributed by atoms with Crippen LogP contribution in [0.25, 0.3) is 0 Å². The number of fused-ring (bicyclic) bond motifs is 1. The quantitative estimate of drug-likeness (QED) is 0.853. The molecule has 0 atom stereocenters. The second kappa shape index (κ2) is 7.76. The maximum absolute atomic E-state index is 12.5. The van der Waals surface area contributed by atoms with Crippen LogP contribution in [0.2, 0.25) is 0 Å². The Labute approximate surface area is 147 Å². The van der Waals surface area contributed by atoms with Crippen molar-refractivity contribution >= 4 is 10.0 Å². The minimum absolute atomic E-state index is 0.164. The van der Waals surface area contributed by atoms with Crippen LogP contribution in [0.3, 0.4) is 0 Å². The third-order valence-corrected chi connectivity index (χ3v) is 5.37. The van der Waals surface area contributed by atoms with Crippen molar-refractivity contribution < 1.29 is 22.6 Å². The summed E-state index contributed by atoms with van der Waals surface area (Å²) < 4.78 is 44.0. The van der Waals surface area contributed by atoms with E-state index in [0.717, 1.165) is 17.7 Å². The molecule has 0 bridgehead atoms. The van der Waals surface area contributed by atoms with E-state index in [-0.39, 0.29) is 11.4 Å². The molecule has 2 aromatic rings. The summed E-state index contributed by atoms with van der Waals surface area (Å²) in [6, 6.07) is 12.2. The van der Waals surface area contributed by atoms with E-state index < -0.39 is 10.0 Å². The van der Waals surface area contributed by atoms with Gasteiger partial charge in [-0.25, -0.2) is 13.1 Å². The number of rotatable bonds is 6. The van der Waals surface area contributed by atoms with Gasteiger partial charge in [0.05, 0.1) is 25.2 Å². The van der Waals surface area contributed by atoms with E-state index in [2.05, 4.69) is 4.72 Å². The van der Waals surface area contributed by atoms with E-state index >= 15 is 0 Å². The first-order chi connectivity index (χ1) is 12.1. The zero-order valence-corrected chi connectivity index (χ0v) is 14.8. The molecule has 1 N–H and O–H groups in total. The number of hydrogen-bond donors (Lipinski definition) is 1. The number of benzene rings is 2. The summed E-state index contributed by atoms with van der Waals surface area (Å²) >= 11 is 0. The van der Waals surface area contributed by atoms with Gasteiger partial charge in [0.25, 0.3) is 0 Å². The van der Waals surface area contributed by atoms with Crippen LogP contribution in [0, 0.1) is 0 Å². The third-order valence-electron chi connectivity index (χ3n) is 3.91. The first kappa shape index (κ1) is 17.6. The largest absolute Gasteiger partial charge is 0.496 e. The van der Waals surface area contributed by atoms with Gasteiger partial charge < -0.3 is 14.2 Å². The summed E-state index contributed by atoms with van der Waals surface area (Å²) in [6.45, 7) is 1.35. The molecule has 0 amide bonds. The number of ether oxygens (including phenoxy) is 3. The van der Waals surface area contributed by atoms with Crippen molar-refractivity contribution in [3.63, 3.8) is 0 Å². The van der Waals surface area contributed by atoms with Crippen molar-refractivity contribution in [2.75, 3.05) is 26.9 Å². The molecule has 3 rings (SSSR count). The van der Waals surface area contributed by atoms with Crippen LogP contribution < -0.4 is 18.9 Å². The molecule has 134 valence electrons. The maximum atomic E-state index is 12.5. The first-order valence-electron chi connectivity index (χ1n) is 8.11. The molecule has 0 aromatic heterocycles. The minimum atomic E-state index is -3.62. The normalized spacial score (nSPS) is 14.0. The molecule has 0 fully saturated rings.